The van der Waals surface area contributed by atoms with E-state index in [0.29, 0.717) is 18.7 Å². The number of aromatic nitrogens is 1. The zero-order valence-electron chi connectivity index (χ0n) is 14.4. The molecule has 0 saturated carbocycles. The van der Waals surface area contributed by atoms with Gasteiger partial charge in [0.15, 0.2) is 0 Å². The number of benzene rings is 1. The largest absolute Gasteiger partial charge is 0.370 e. The fraction of sp³-hybridized carbons (Fsp3) is 0.368. The van der Waals surface area contributed by atoms with Crippen LogP contribution in [0, 0.1) is 5.82 Å². The molecule has 1 aromatic heterocycles. The van der Waals surface area contributed by atoms with E-state index < -0.39 is 11.9 Å². The van der Waals surface area contributed by atoms with Crippen LogP contribution in [0.1, 0.15) is 24.9 Å². The van der Waals surface area contributed by atoms with Gasteiger partial charge in [0, 0.05) is 43.6 Å². The van der Waals surface area contributed by atoms with Crippen molar-refractivity contribution in [3.8, 4) is 0 Å². The molecule has 0 radical (unpaired) electrons. The van der Waals surface area contributed by atoms with Crippen LogP contribution in [-0.2, 0) is 0 Å². The molecule has 1 aliphatic rings. The van der Waals surface area contributed by atoms with E-state index in [2.05, 4.69) is 27.3 Å². The van der Waals surface area contributed by atoms with E-state index in [1.165, 1.54) is 18.1 Å². The van der Waals surface area contributed by atoms with E-state index in [-0.39, 0.29) is 6.03 Å². The van der Waals surface area contributed by atoms with E-state index in [1.54, 1.807) is 17.9 Å². The van der Waals surface area contributed by atoms with E-state index in [1.807, 2.05) is 18.2 Å². The monoisotopic (exact) mass is 342 g/mol. The molecule has 1 aromatic carbocycles. The number of hydrogen-bond acceptors (Lipinski definition) is 3. The highest BCUT2D eigenvalue weighted by Gasteiger charge is 2.21. The van der Waals surface area contributed by atoms with Crippen LogP contribution in [-0.4, -0.2) is 42.1 Å². The normalized spacial score (nSPS) is 16.2. The van der Waals surface area contributed by atoms with Crippen LogP contribution in [0.25, 0.3) is 0 Å². The maximum absolute atomic E-state index is 13.8. The summed E-state index contributed by atoms with van der Waals surface area (Å²) in [4.78, 5) is 20.4. The van der Waals surface area contributed by atoms with Gasteiger partial charge in [-0.3, -0.25) is 4.98 Å². The topological polar surface area (TPSA) is 48.5 Å². The molecule has 1 atom stereocenters. The minimum absolute atomic E-state index is 0.154. The van der Waals surface area contributed by atoms with Crippen molar-refractivity contribution in [3.63, 3.8) is 0 Å². The molecule has 1 aliphatic heterocycles. The molecule has 2 aromatic rings. The molecule has 1 unspecified atom stereocenters. The first-order chi connectivity index (χ1) is 12.1. The van der Waals surface area contributed by atoms with Crippen LogP contribution in [0.5, 0.6) is 0 Å². The molecule has 2 amide bonds. The number of amides is 2. The number of anilines is 1. The van der Waals surface area contributed by atoms with Gasteiger partial charge < -0.3 is 15.1 Å². The maximum Gasteiger partial charge on any atom is 0.317 e. The Morgan fingerprint density at radius 2 is 1.96 bits per heavy atom. The summed E-state index contributed by atoms with van der Waals surface area (Å²) in [7, 11) is 0. The van der Waals surface area contributed by atoms with Crippen molar-refractivity contribution < 1.29 is 9.18 Å². The Balaban J connectivity index is 1.59. The number of nitrogens with one attached hydrogen (secondary N) is 1. The Morgan fingerprint density at radius 3 is 2.72 bits per heavy atom. The van der Waals surface area contributed by atoms with Gasteiger partial charge in [0.1, 0.15) is 5.82 Å². The highest BCUT2D eigenvalue weighted by molar-refractivity contribution is 5.74. The Bertz CT molecular complexity index is 710. The number of para-hydroxylation sites is 1. The predicted molar refractivity (Wildman–Crippen MR) is 96.0 cm³/mol. The lowest BCUT2D eigenvalue weighted by molar-refractivity contribution is 0.198. The first-order valence-electron chi connectivity index (χ1n) is 8.60. The summed E-state index contributed by atoms with van der Waals surface area (Å²) in [6, 6.07) is 11.3. The number of carbonyl (C=O) groups excluding carboxylic acids is 1. The summed E-state index contributed by atoms with van der Waals surface area (Å²) >= 11 is 0. The maximum atomic E-state index is 13.8. The van der Waals surface area contributed by atoms with Crippen LogP contribution in [0.4, 0.5) is 14.9 Å². The molecule has 1 saturated heterocycles. The first-order valence-corrected chi connectivity index (χ1v) is 8.60. The second kappa shape index (κ2) is 7.96. The van der Waals surface area contributed by atoms with E-state index in [0.717, 1.165) is 19.5 Å². The fourth-order valence-corrected chi connectivity index (χ4v) is 3.11. The molecule has 0 spiro atoms. The summed E-state index contributed by atoms with van der Waals surface area (Å²) in [6.45, 7) is 4.83. The van der Waals surface area contributed by atoms with Crippen LogP contribution in [0.2, 0.25) is 0 Å². The van der Waals surface area contributed by atoms with Crippen molar-refractivity contribution in [1.82, 2.24) is 15.2 Å². The van der Waals surface area contributed by atoms with E-state index in [9.17, 15) is 9.18 Å². The van der Waals surface area contributed by atoms with Gasteiger partial charge in [-0.1, -0.05) is 18.2 Å². The number of nitrogens with zero attached hydrogens (tertiary/aromatic N) is 3. The minimum atomic E-state index is -0.401. The molecule has 25 heavy (non-hydrogen) atoms. The third-order valence-electron chi connectivity index (χ3n) is 4.51. The molecule has 1 N–H and O–H groups in total. The Labute approximate surface area is 147 Å². The molecule has 0 bridgehead atoms. The Morgan fingerprint density at radius 1 is 1.16 bits per heavy atom. The molecular weight excluding hydrogens is 319 g/mol. The highest BCUT2D eigenvalue weighted by Crippen LogP contribution is 2.18. The summed E-state index contributed by atoms with van der Waals surface area (Å²) in [5, 5.41) is 2.89. The van der Waals surface area contributed by atoms with Gasteiger partial charge in [-0.2, -0.15) is 0 Å². The average Bonchev–Trinajstić information content (AvgIpc) is 2.89. The first kappa shape index (κ1) is 17.2. The smallest absolute Gasteiger partial charge is 0.317 e. The number of urea groups is 1. The molecule has 1 fully saturated rings. The van der Waals surface area contributed by atoms with Crippen molar-refractivity contribution in [2.75, 3.05) is 31.1 Å². The average molecular weight is 342 g/mol. The number of hydrogen-bond donors (Lipinski definition) is 1. The zero-order valence-corrected chi connectivity index (χ0v) is 14.4. The van der Waals surface area contributed by atoms with Gasteiger partial charge in [0.25, 0.3) is 0 Å². The second-order valence-electron chi connectivity index (χ2n) is 6.23. The molecule has 0 aliphatic carbocycles. The van der Waals surface area contributed by atoms with Gasteiger partial charge in [-0.05, 0) is 31.5 Å². The lowest BCUT2D eigenvalue weighted by Gasteiger charge is -2.25. The zero-order chi connectivity index (χ0) is 17.6. The lowest BCUT2D eigenvalue weighted by atomic mass is 10.1. The summed E-state index contributed by atoms with van der Waals surface area (Å²) in [5.74, 6) is -0.401. The van der Waals surface area contributed by atoms with E-state index in [4.69, 9.17) is 0 Å². The van der Waals surface area contributed by atoms with Crippen LogP contribution in [0.15, 0.2) is 48.8 Å². The number of pyridine rings is 1. The molecule has 132 valence electrons. The van der Waals surface area contributed by atoms with Crippen molar-refractivity contribution in [1.29, 1.82) is 0 Å². The second-order valence-corrected chi connectivity index (χ2v) is 6.23. The van der Waals surface area contributed by atoms with Crippen molar-refractivity contribution in [2.45, 2.75) is 19.4 Å². The van der Waals surface area contributed by atoms with Crippen molar-refractivity contribution in [3.05, 3.63) is 60.2 Å². The fourth-order valence-electron chi connectivity index (χ4n) is 3.11. The van der Waals surface area contributed by atoms with Crippen LogP contribution in [0.3, 0.4) is 0 Å². The van der Waals surface area contributed by atoms with Gasteiger partial charge in [0.05, 0.1) is 12.2 Å². The Hall–Kier alpha value is -2.63. The SMILES string of the molecule is CC(NC(=O)N1CCCN(c2ccccc2)CC1)c1ccncc1F. The third kappa shape index (κ3) is 4.26. The number of halogens is 1. The number of carbonyl (C=O) groups is 1. The van der Waals surface area contributed by atoms with Gasteiger partial charge in [-0.25, -0.2) is 9.18 Å². The molecular formula is C19H23FN4O. The molecule has 5 nitrogen and oxygen atoms in total. The highest BCUT2D eigenvalue weighted by atomic mass is 19.1. The van der Waals surface area contributed by atoms with Gasteiger partial charge in [-0.15, -0.1) is 0 Å². The van der Waals surface area contributed by atoms with E-state index >= 15 is 0 Å². The molecule has 6 heteroatoms. The van der Waals surface area contributed by atoms with Crippen molar-refractivity contribution in [2.24, 2.45) is 0 Å². The molecule has 3 rings (SSSR count). The van der Waals surface area contributed by atoms with Gasteiger partial charge >= 0.3 is 6.03 Å². The minimum Gasteiger partial charge on any atom is -0.370 e. The lowest BCUT2D eigenvalue weighted by Crippen LogP contribution is -2.43. The van der Waals surface area contributed by atoms with Crippen molar-refractivity contribution >= 4 is 11.7 Å². The summed E-state index contributed by atoms with van der Waals surface area (Å²) < 4.78 is 13.8. The van der Waals surface area contributed by atoms with Crippen LogP contribution < -0.4 is 10.2 Å². The third-order valence-corrected chi connectivity index (χ3v) is 4.51. The molecule has 2 heterocycles. The Kier molecular flexibility index (Phi) is 5.48. The summed E-state index contributed by atoms with van der Waals surface area (Å²) in [6.07, 6.45) is 3.60. The summed E-state index contributed by atoms with van der Waals surface area (Å²) in [5.41, 5.74) is 1.63. The van der Waals surface area contributed by atoms with Crippen LogP contribution >= 0.6 is 0 Å². The van der Waals surface area contributed by atoms with Gasteiger partial charge in [0.2, 0.25) is 0 Å². The number of rotatable bonds is 3. The quantitative estimate of drug-likeness (QED) is 0.932. The standard InChI is InChI=1S/C19H23FN4O/c1-15(17-8-9-21-14-18(17)20)22-19(25)24-11-5-10-23(12-13-24)16-6-3-2-4-7-16/h2-4,6-9,14-15H,5,10-13H2,1H3,(H,22,25). The predicted octanol–water partition coefficient (Wildman–Crippen LogP) is 3.20.